The fraction of sp³-hybridized carbons (Fsp3) is 0.517. The molecule has 2 aromatic carbocycles. The number of unbranched alkanes of at least 4 members (excludes halogenated alkanes) is 1. The minimum absolute atomic E-state index is 0.0813. The van der Waals surface area contributed by atoms with Crippen molar-refractivity contribution in [3.8, 4) is 11.8 Å². The normalized spacial score (nSPS) is 19.2. The summed E-state index contributed by atoms with van der Waals surface area (Å²) in [4.78, 5) is 12.8. The van der Waals surface area contributed by atoms with Gasteiger partial charge in [-0.25, -0.2) is 0 Å². The average molecular weight is 432 g/mol. The van der Waals surface area contributed by atoms with Crippen LogP contribution in [0, 0.1) is 23.2 Å². The van der Waals surface area contributed by atoms with Crippen LogP contribution in [0.25, 0.3) is 0 Å². The maximum atomic E-state index is 12.8. The number of nitrogens with zero attached hydrogens (tertiary/aromatic N) is 1. The zero-order valence-electron chi connectivity index (χ0n) is 19.9. The van der Waals surface area contributed by atoms with Crippen LogP contribution in [0.5, 0.6) is 5.75 Å². The van der Waals surface area contributed by atoms with Crippen molar-refractivity contribution in [2.45, 2.75) is 84.5 Å². The first kappa shape index (κ1) is 24.1. The second-order valence-electron chi connectivity index (χ2n) is 9.47. The lowest BCUT2D eigenvalue weighted by Gasteiger charge is -2.27. The molecule has 1 aliphatic rings. The van der Waals surface area contributed by atoms with Crippen molar-refractivity contribution in [1.29, 1.82) is 5.26 Å². The van der Waals surface area contributed by atoms with E-state index in [0.717, 1.165) is 62.8 Å². The topological polar surface area (TPSA) is 50.1 Å². The highest BCUT2D eigenvalue weighted by molar-refractivity contribution is 5.76. The number of esters is 1. The van der Waals surface area contributed by atoms with Gasteiger partial charge in [0.1, 0.15) is 11.8 Å². The molecule has 2 aromatic rings. The highest BCUT2D eigenvalue weighted by atomic mass is 16.5. The molecule has 0 aromatic heterocycles. The lowest BCUT2D eigenvalue weighted by atomic mass is 9.78. The van der Waals surface area contributed by atoms with Gasteiger partial charge in [0.15, 0.2) is 0 Å². The van der Waals surface area contributed by atoms with Gasteiger partial charge in [-0.15, -0.1) is 0 Å². The molecule has 1 aliphatic carbocycles. The number of rotatable bonds is 9. The Hall–Kier alpha value is -2.60. The highest BCUT2D eigenvalue weighted by Crippen LogP contribution is 2.37. The summed E-state index contributed by atoms with van der Waals surface area (Å²) in [6.45, 7) is 6.69. The van der Waals surface area contributed by atoms with Crippen molar-refractivity contribution in [3.05, 3.63) is 64.7 Å². The van der Waals surface area contributed by atoms with Crippen LogP contribution in [-0.2, 0) is 17.6 Å². The fourth-order valence-electron chi connectivity index (χ4n) is 4.62. The van der Waals surface area contributed by atoms with Crippen LogP contribution in [0.3, 0.4) is 0 Å². The van der Waals surface area contributed by atoms with E-state index in [4.69, 9.17) is 4.74 Å². The molecule has 0 N–H and O–H groups in total. The number of hydrogen-bond donors (Lipinski definition) is 0. The summed E-state index contributed by atoms with van der Waals surface area (Å²) >= 11 is 0. The highest BCUT2D eigenvalue weighted by Gasteiger charge is 2.29. The molecular weight excluding hydrogens is 394 g/mol. The maximum Gasteiger partial charge on any atom is 0.314 e. The van der Waals surface area contributed by atoms with Gasteiger partial charge in [-0.3, -0.25) is 4.79 Å². The molecule has 0 spiro atoms. The molecule has 3 nitrogen and oxygen atoms in total. The first-order chi connectivity index (χ1) is 15.5. The minimum atomic E-state index is -0.190. The Morgan fingerprint density at radius 1 is 1.06 bits per heavy atom. The maximum absolute atomic E-state index is 12.8. The van der Waals surface area contributed by atoms with Crippen molar-refractivity contribution < 1.29 is 9.53 Å². The van der Waals surface area contributed by atoms with E-state index in [1.54, 1.807) is 6.07 Å². The predicted octanol–water partition coefficient (Wildman–Crippen LogP) is 7.37. The largest absolute Gasteiger partial charge is 0.425 e. The van der Waals surface area contributed by atoms with E-state index in [-0.39, 0.29) is 11.9 Å². The Morgan fingerprint density at radius 3 is 2.38 bits per heavy atom. The third kappa shape index (κ3) is 6.45. The van der Waals surface area contributed by atoms with E-state index in [9.17, 15) is 10.1 Å². The predicted molar refractivity (Wildman–Crippen MR) is 130 cm³/mol. The van der Waals surface area contributed by atoms with Gasteiger partial charge >= 0.3 is 5.97 Å². The zero-order valence-corrected chi connectivity index (χ0v) is 19.9. The van der Waals surface area contributed by atoms with E-state index >= 15 is 0 Å². The smallest absolute Gasteiger partial charge is 0.314 e. The lowest BCUT2D eigenvalue weighted by Crippen LogP contribution is -2.25. The molecule has 0 saturated heterocycles. The van der Waals surface area contributed by atoms with Crippen LogP contribution >= 0.6 is 0 Å². The summed E-state index contributed by atoms with van der Waals surface area (Å²) in [7, 11) is 0. The average Bonchev–Trinajstić information content (AvgIpc) is 2.83. The Morgan fingerprint density at radius 2 is 1.75 bits per heavy atom. The summed E-state index contributed by atoms with van der Waals surface area (Å²) in [6, 6.07) is 16.9. The molecule has 1 fully saturated rings. The van der Waals surface area contributed by atoms with Crippen molar-refractivity contribution in [1.82, 2.24) is 0 Å². The van der Waals surface area contributed by atoms with E-state index in [1.807, 2.05) is 12.1 Å². The van der Waals surface area contributed by atoms with Gasteiger partial charge < -0.3 is 4.74 Å². The molecule has 1 atom stereocenters. The standard InChI is InChI=1S/C29H37NO2/c1-4-6-7-22-10-17-28(27(19-22)20-30)32-29(31)26-15-13-25(14-16-26)24-11-8-23(9-12-24)18-21(3)5-2/h8-12,17,19,21,25-26H,4-7,13-16,18H2,1-3H3. The van der Waals surface area contributed by atoms with Gasteiger partial charge in [0, 0.05) is 0 Å². The Balaban J connectivity index is 1.54. The summed E-state index contributed by atoms with van der Waals surface area (Å²) in [5.74, 6) is 1.37. The molecule has 1 unspecified atom stereocenters. The molecule has 0 amide bonds. The summed E-state index contributed by atoms with van der Waals surface area (Å²) in [5.41, 5.74) is 4.38. The Kier molecular flexibility index (Phi) is 8.91. The van der Waals surface area contributed by atoms with Crippen molar-refractivity contribution >= 4 is 5.97 Å². The van der Waals surface area contributed by atoms with Crippen LogP contribution in [0.2, 0.25) is 0 Å². The van der Waals surface area contributed by atoms with Gasteiger partial charge in [-0.05, 0) is 85.6 Å². The molecule has 170 valence electrons. The molecule has 3 rings (SSSR count). The summed E-state index contributed by atoms with van der Waals surface area (Å²) in [5, 5.41) is 9.49. The van der Waals surface area contributed by atoms with Crippen LogP contribution in [-0.4, -0.2) is 5.97 Å². The number of nitriles is 1. The molecule has 3 heteroatoms. The third-order valence-electron chi connectivity index (χ3n) is 6.99. The first-order valence-electron chi connectivity index (χ1n) is 12.4. The van der Waals surface area contributed by atoms with Gasteiger partial charge in [-0.1, -0.05) is 63.9 Å². The molecule has 0 radical (unpaired) electrons. The van der Waals surface area contributed by atoms with E-state index in [1.165, 1.54) is 17.5 Å². The summed E-state index contributed by atoms with van der Waals surface area (Å²) in [6.07, 6.45) is 9.19. The molecule has 0 aliphatic heterocycles. The summed E-state index contributed by atoms with van der Waals surface area (Å²) < 4.78 is 5.68. The van der Waals surface area contributed by atoms with Gasteiger partial charge in [0.2, 0.25) is 0 Å². The van der Waals surface area contributed by atoms with Crippen molar-refractivity contribution in [2.24, 2.45) is 11.8 Å². The fourth-order valence-corrected chi connectivity index (χ4v) is 4.62. The second-order valence-corrected chi connectivity index (χ2v) is 9.47. The zero-order chi connectivity index (χ0) is 22.9. The van der Waals surface area contributed by atoms with Gasteiger partial charge in [-0.2, -0.15) is 5.26 Å². The number of carbonyl (C=O) groups is 1. The van der Waals surface area contributed by atoms with Crippen LogP contribution in [0.4, 0.5) is 0 Å². The Labute approximate surface area is 193 Å². The Bertz CT molecular complexity index is 917. The quantitative estimate of drug-likeness (QED) is 0.308. The first-order valence-corrected chi connectivity index (χ1v) is 12.4. The third-order valence-corrected chi connectivity index (χ3v) is 6.99. The molecule has 1 saturated carbocycles. The van der Waals surface area contributed by atoms with E-state index < -0.39 is 0 Å². The second kappa shape index (κ2) is 11.9. The number of aryl methyl sites for hydroxylation is 1. The van der Waals surface area contributed by atoms with Crippen LogP contribution in [0.1, 0.15) is 93.9 Å². The van der Waals surface area contributed by atoms with Crippen LogP contribution in [0.15, 0.2) is 42.5 Å². The lowest BCUT2D eigenvalue weighted by molar-refractivity contribution is -0.140. The van der Waals surface area contributed by atoms with Crippen molar-refractivity contribution in [2.75, 3.05) is 0 Å². The SMILES string of the molecule is CCCCc1ccc(OC(=O)C2CCC(c3ccc(CC(C)CC)cc3)CC2)c(C#N)c1. The number of carbonyl (C=O) groups excluding carboxylic acids is 1. The molecule has 32 heavy (non-hydrogen) atoms. The molecule has 0 heterocycles. The number of ether oxygens (including phenoxy) is 1. The minimum Gasteiger partial charge on any atom is -0.425 e. The van der Waals surface area contributed by atoms with Gasteiger partial charge in [0.05, 0.1) is 11.5 Å². The van der Waals surface area contributed by atoms with Gasteiger partial charge in [0.25, 0.3) is 0 Å². The van der Waals surface area contributed by atoms with E-state index in [2.05, 4.69) is 51.1 Å². The number of hydrogen-bond acceptors (Lipinski definition) is 3. The molecular formula is C29H37NO2. The molecule has 0 bridgehead atoms. The van der Waals surface area contributed by atoms with Crippen molar-refractivity contribution in [3.63, 3.8) is 0 Å². The van der Waals surface area contributed by atoms with Crippen LogP contribution < -0.4 is 4.74 Å². The van der Waals surface area contributed by atoms with E-state index in [0.29, 0.717) is 17.2 Å². The number of benzene rings is 2. The monoisotopic (exact) mass is 431 g/mol.